The van der Waals surface area contributed by atoms with Crippen LogP contribution < -0.4 is 4.74 Å². The fraction of sp³-hybridized carbons (Fsp3) is 0.429. The smallest absolute Gasteiger partial charge is 0.119 e. The highest BCUT2D eigenvalue weighted by Gasteiger charge is 2.04. The average molecular weight is 220 g/mol. The zero-order chi connectivity index (χ0) is 11.8. The summed E-state index contributed by atoms with van der Waals surface area (Å²) < 4.78 is 5.14. The molecule has 88 valence electrons. The fourth-order valence-corrected chi connectivity index (χ4v) is 1.57. The van der Waals surface area contributed by atoms with Crippen molar-refractivity contribution in [1.82, 2.24) is 0 Å². The van der Waals surface area contributed by atoms with Crippen molar-refractivity contribution in [3.63, 3.8) is 0 Å². The van der Waals surface area contributed by atoms with Gasteiger partial charge in [0.25, 0.3) is 0 Å². The van der Waals surface area contributed by atoms with Gasteiger partial charge in [0.2, 0.25) is 0 Å². The van der Waals surface area contributed by atoms with E-state index in [-0.39, 0.29) is 6.10 Å². The van der Waals surface area contributed by atoms with E-state index in [2.05, 4.69) is 13.0 Å². The molecule has 0 fully saturated rings. The summed E-state index contributed by atoms with van der Waals surface area (Å²) in [7, 11) is 1.65. The Labute approximate surface area is 97.6 Å². The molecule has 0 saturated carbocycles. The maximum absolute atomic E-state index is 9.80. The maximum atomic E-state index is 9.80. The van der Waals surface area contributed by atoms with Gasteiger partial charge in [-0.25, -0.2) is 0 Å². The molecule has 0 aliphatic rings. The Hall–Kier alpha value is -1.28. The highest BCUT2D eigenvalue weighted by atomic mass is 16.5. The number of benzene rings is 1. The lowest BCUT2D eigenvalue weighted by Gasteiger charge is -2.09. The predicted octanol–water partition coefficient (Wildman–Crippen LogP) is 2.95. The van der Waals surface area contributed by atoms with Crippen LogP contribution in [-0.2, 0) is 6.42 Å². The van der Waals surface area contributed by atoms with Crippen molar-refractivity contribution in [2.75, 3.05) is 7.11 Å². The van der Waals surface area contributed by atoms with Gasteiger partial charge in [0, 0.05) is 0 Å². The molecule has 0 aliphatic carbocycles. The highest BCUT2D eigenvalue weighted by molar-refractivity contribution is 5.28. The third-order valence-corrected chi connectivity index (χ3v) is 2.42. The van der Waals surface area contributed by atoms with E-state index in [1.54, 1.807) is 7.11 Å². The monoisotopic (exact) mass is 220 g/mol. The molecule has 2 heteroatoms. The van der Waals surface area contributed by atoms with Crippen molar-refractivity contribution < 1.29 is 9.84 Å². The highest BCUT2D eigenvalue weighted by Crippen LogP contribution is 2.14. The van der Waals surface area contributed by atoms with E-state index in [1.807, 2.05) is 30.3 Å². The summed E-state index contributed by atoms with van der Waals surface area (Å²) in [5.74, 6) is 0.841. The van der Waals surface area contributed by atoms with Crippen LogP contribution in [0.3, 0.4) is 0 Å². The number of hydrogen-bond acceptors (Lipinski definition) is 2. The molecular formula is C14H20O2. The van der Waals surface area contributed by atoms with Gasteiger partial charge in [-0.1, -0.05) is 31.2 Å². The summed E-state index contributed by atoms with van der Waals surface area (Å²) >= 11 is 0. The molecule has 1 aromatic carbocycles. The molecule has 0 saturated heterocycles. The molecule has 0 radical (unpaired) electrons. The van der Waals surface area contributed by atoms with E-state index in [9.17, 15) is 5.11 Å². The number of aliphatic hydroxyl groups excluding tert-OH is 1. The van der Waals surface area contributed by atoms with E-state index in [0.717, 1.165) is 17.7 Å². The quantitative estimate of drug-likeness (QED) is 0.747. The van der Waals surface area contributed by atoms with E-state index in [4.69, 9.17) is 4.74 Å². The lowest BCUT2D eigenvalue weighted by atomic mass is 10.1. The zero-order valence-corrected chi connectivity index (χ0v) is 10.0. The van der Waals surface area contributed by atoms with Gasteiger partial charge in [0.15, 0.2) is 0 Å². The van der Waals surface area contributed by atoms with Crippen molar-refractivity contribution in [2.24, 2.45) is 0 Å². The Morgan fingerprint density at radius 2 is 2.19 bits per heavy atom. The van der Waals surface area contributed by atoms with Gasteiger partial charge in [-0.05, 0) is 37.0 Å². The van der Waals surface area contributed by atoms with Crippen LogP contribution in [0.1, 0.15) is 25.3 Å². The van der Waals surface area contributed by atoms with E-state index in [0.29, 0.717) is 12.8 Å². The predicted molar refractivity (Wildman–Crippen MR) is 66.8 cm³/mol. The van der Waals surface area contributed by atoms with Crippen LogP contribution in [-0.4, -0.2) is 18.3 Å². The molecule has 0 unspecified atom stereocenters. The van der Waals surface area contributed by atoms with Crippen LogP contribution in [0.5, 0.6) is 5.75 Å². The van der Waals surface area contributed by atoms with Gasteiger partial charge in [-0.2, -0.15) is 0 Å². The molecule has 1 atom stereocenters. The van der Waals surface area contributed by atoms with Gasteiger partial charge in [0.1, 0.15) is 5.75 Å². The van der Waals surface area contributed by atoms with E-state index >= 15 is 0 Å². The molecular weight excluding hydrogens is 200 g/mol. The number of methoxy groups -OCH3 is 1. The van der Waals surface area contributed by atoms with Crippen molar-refractivity contribution in [3.8, 4) is 5.75 Å². The minimum absolute atomic E-state index is 0.310. The molecule has 1 rings (SSSR count). The van der Waals surface area contributed by atoms with Gasteiger partial charge >= 0.3 is 0 Å². The number of aliphatic hydroxyl groups is 1. The average Bonchev–Trinajstić information content (AvgIpc) is 2.29. The van der Waals surface area contributed by atoms with Crippen LogP contribution in [0, 0.1) is 0 Å². The summed E-state index contributed by atoms with van der Waals surface area (Å²) in [6.45, 7) is 2.09. The zero-order valence-electron chi connectivity index (χ0n) is 10.0. The van der Waals surface area contributed by atoms with Crippen molar-refractivity contribution >= 4 is 0 Å². The topological polar surface area (TPSA) is 29.5 Å². The van der Waals surface area contributed by atoms with Crippen LogP contribution >= 0.6 is 0 Å². The number of rotatable bonds is 6. The molecule has 1 N–H and O–H groups in total. The van der Waals surface area contributed by atoms with Gasteiger partial charge in [-0.15, -0.1) is 0 Å². The van der Waals surface area contributed by atoms with E-state index in [1.165, 1.54) is 0 Å². The summed E-state index contributed by atoms with van der Waals surface area (Å²) in [5, 5.41) is 9.80. The van der Waals surface area contributed by atoms with Crippen LogP contribution in [0.2, 0.25) is 0 Å². The summed E-state index contributed by atoms with van der Waals surface area (Å²) in [6, 6.07) is 7.83. The Morgan fingerprint density at radius 3 is 2.88 bits per heavy atom. The molecule has 16 heavy (non-hydrogen) atoms. The summed E-state index contributed by atoms with van der Waals surface area (Å²) in [6.07, 6.45) is 6.21. The normalized spacial score (nSPS) is 12.9. The van der Waals surface area contributed by atoms with Crippen molar-refractivity contribution in [3.05, 3.63) is 42.0 Å². The molecule has 0 bridgehead atoms. The Morgan fingerprint density at radius 1 is 1.38 bits per heavy atom. The summed E-state index contributed by atoms with van der Waals surface area (Å²) in [4.78, 5) is 0. The number of allylic oxidation sites excluding steroid dienone is 1. The first kappa shape index (κ1) is 12.8. The standard InChI is InChI=1S/C14H20O2/c1-3-4-5-8-13(15)10-12-7-6-9-14(11-12)16-2/h4-7,9,11,13,15H,3,8,10H2,1-2H3/b5-4+/t13-/m1/s1. The first-order chi connectivity index (χ1) is 7.76. The number of hydrogen-bond donors (Lipinski definition) is 1. The van der Waals surface area contributed by atoms with Crippen LogP contribution in [0.4, 0.5) is 0 Å². The van der Waals surface area contributed by atoms with Gasteiger partial charge in [0.05, 0.1) is 13.2 Å². The van der Waals surface area contributed by atoms with E-state index < -0.39 is 0 Å². The third kappa shape index (κ3) is 4.49. The number of ether oxygens (including phenoxy) is 1. The Balaban J connectivity index is 2.48. The van der Waals surface area contributed by atoms with Gasteiger partial charge in [-0.3, -0.25) is 0 Å². The van der Waals surface area contributed by atoms with Crippen molar-refractivity contribution in [2.45, 2.75) is 32.3 Å². The second-order valence-corrected chi connectivity index (χ2v) is 3.82. The third-order valence-electron chi connectivity index (χ3n) is 2.42. The largest absolute Gasteiger partial charge is 0.497 e. The lowest BCUT2D eigenvalue weighted by Crippen LogP contribution is -2.08. The minimum Gasteiger partial charge on any atom is -0.497 e. The molecule has 2 nitrogen and oxygen atoms in total. The van der Waals surface area contributed by atoms with Gasteiger partial charge < -0.3 is 9.84 Å². The lowest BCUT2D eigenvalue weighted by molar-refractivity contribution is 0.178. The molecule has 0 spiro atoms. The summed E-state index contributed by atoms with van der Waals surface area (Å²) in [5.41, 5.74) is 1.11. The maximum Gasteiger partial charge on any atom is 0.119 e. The van der Waals surface area contributed by atoms with Crippen LogP contribution in [0.15, 0.2) is 36.4 Å². The molecule has 0 aliphatic heterocycles. The molecule has 0 heterocycles. The van der Waals surface area contributed by atoms with Crippen LogP contribution in [0.25, 0.3) is 0 Å². The Kier molecular flexibility index (Phi) is 5.65. The SMILES string of the molecule is CC/C=C/C[C@@H](O)Cc1cccc(OC)c1. The van der Waals surface area contributed by atoms with Crippen molar-refractivity contribution in [1.29, 1.82) is 0 Å². The second kappa shape index (κ2) is 7.07. The molecule has 1 aromatic rings. The first-order valence-corrected chi connectivity index (χ1v) is 5.72. The minimum atomic E-state index is -0.310. The molecule has 0 amide bonds. The first-order valence-electron chi connectivity index (χ1n) is 5.72. The molecule has 0 aromatic heterocycles. The fourth-order valence-electron chi connectivity index (χ4n) is 1.57. The second-order valence-electron chi connectivity index (χ2n) is 3.82. The Bertz CT molecular complexity index is 331.